The summed E-state index contributed by atoms with van der Waals surface area (Å²) in [7, 11) is 0. The highest BCUT2D eigenvalue weighted by Crippen LogP contribution is 2.31. The van der Waals surface area contributed by atoms with Crippen molar-refractivity contribution < 1.29 is 9.21 Å². The van der Waals surface area contributed by atoms with Crippen LogP contribution in [0.25, 0.3) is 11.0 Å². The number of amides is 1. The molecule has 0 bridgehead atoms. The Morgan fingerprint density at radius 3 is 3.00 bits per heavy atom. The fourth-order valence-corrected chi connectivity index (χ4v) is 3.25. The number of benzene rings is 1. The summed E-state index contributed by atoms with van der Waals surface area (Å²) in [5.74, 6) is 0.588. The highest BCUT2D eigenvalue weighted by atomic mass is 16.3. The number of imidazole rings is 1. The fourth-order valence-electron chi connectivity index (χ4n) is 3.25. The van der Waals surface area contributed by atoms with Crippen LogP contribution in [-0.4, -0.2) is 27.3 Å². The third kappa shape index (κ3) is 2.40. The van der Waals surface area contributed by atoms with Gasteiger partial charge in [0.2, 0.25) is 0 Å². The summed E-state index contributed by atoms with van der Waals surface area (Å²) in [6.45, 7) is 2.56. The van der Waals surface area contributed by atoms with E-state index < -0.39 is 0 Å². The normalized spacial score (nSPS) is 17.5. The molecule has 1 aliphatic rings. The first-order valence-corrected chi connectivity index (χ1v) is 7.99. The number of aromatic amines is 1. The summed E-state index contributed by atoms with van der Waals surface area (Å²) < 4.78 is 5.68. The van der Waals surface area contributed by atoms with Crippen molar-refractivity contribution in [1.82, 2.24) is 14.9 Å². The van der Waals surface area contributed by atoms with Gasteiger partial charge in [-0.15, -0.1) is 0 Å². The molecule has 1 N–H and O–H groups in total. The molecule has 1 saturated heterocycles. The first-order chi connectivity index (χ1) is 11.6. The molecule has 0 radical (unpaired) electrons. The molecule has 1 fully saturated rings. The van der Waals surface area contributed by atoms with E-state index in [0.717, 1.165) is 24.4 Å². The first-order valence-electron chi connectivity index (χ1n) is 7.99. The smallest absolute Gasteiger partial charge is 0.290 e. The molecule has 1 aliphatic heterocycles. The molecule has 0 saturated carbocycles. The number of para-hydroxylation sites is 1. The van der Waals surface area contributed by atoms with Gasteiger partial charge in [-0.2, -0.15) is 0 Å². The lowest BCUT2D eigenvalue weighted by atomic mass is 10.2. The maximum absolute atomic E-state index is 12.9. The molecule has 1 atom stereocenters. The maximum atomic E-state index is 12.9. The molecule has 0 aliphatic carbocycles. The van der Waals surface area contributed by atoms with Gasteiger partial charge in [0.15, 0.2) is 11.2 Å². The Hall–Kier alpha value is -2.89. The second-order valence-corrected chi connectivity index (χ2v) is 6.08. The van der Waals surface area contributed by atoms with E-state index in [1.54, 1.807) is 35.4 Å². The van der Waals surface area contributed by atoms with E-state index in [1.165, 1.54) is 6.07 Å². The second-order valence-electron chi connectivity index (χ2n) is 6.08. The number of aromatic nitrogens is 2. The topological polar surface area (TPSA) is 79.2 Å². The molecular formula is C18H17N3O3. The Morgan fingerprint density at radius 1 is 1.38 bits per heavy atom. The van der Waals surface area contributed by atoms with Crippen LogP contribution in [0, 0.1) is 6.92 Å². The Morgan fingerprint density at radius 2 is 2.21 bits per heavy atom. The number of rotatable bonds is 2. The van der Waals surface area contributed by atoms with Crippen molar-refractivity contribution in [3.05, 3.63) is 64.0 Å². The van der Waals surface area contributed by atoms with Gasteiger partial charge in [0.1, 0.15) is 11.4 Å². The van der Waals surface area contributed by atoms with Crippen LogP contribution in [0.2, 0.25) is 0 Å². The molecule has 122 valence electrons. The zero-order valence-corrected chi connectivity index (χ0v) is 13.3. The number of carbonyl (C=O) groups is 1. The quantitative estimate of drug-likeness (QED) is 0.786. The van der Waals surface area contributed by atoms with Gasteiger partial charge in [0, 0.05) is 24.5 Å². The number of nitrogens with one attached hydrogen (secondary N) is 1. The number of H-pyrrole nitrogens is 1. The highest BCUT2D eigenvalue weighted by molar-refractivity contribution is 5.93. The molecule has 3 aromatic rings. The van der Waals surface area contributed by atoms with Crippen molar-refractivity contribution in [2.24, 2.45) is 0 Å². The molecule has 1 amide bonds. The monoisotopic (exact) mass is 323 g/mol. The highest BCUT2D eigenvalue weighted by Gasteiger charge is 2.33. The zero-order valence-electron chi connectivity index (χ0n) is 13.3. The van der Waals surface area contributed by atoms with Crippen molar-refractivity contribution >= 4 is 16.9 Å². The van der Waals surface area contributed by atoms with Crippen LogP contribution in [0.1, 0.15) is 41.0 Å². The molecule has 0 unspecified atom stereocenters. The number of likely N-dealkylation sites (tertiary alicyclic amines) is 1. The van der Waals surface area contributed by atoms with Gasteiger partial charge in [-0.1, -0.05) is 12.1 Å². The van der Waals surface area contributed by atoms with E-state index in [2.05, 4.69) is 9.97 Å². The average Bonchev–Trinajstić information content (AvgIpc) is 3.22. The van der Waals surface area contributed by atoms with Crippen LogP contribution in [0.15, 0.2) is 45.7 Å². The number of hydrogen-bond acceptors (Lipinski definition) is 4. The predicted octanol–water partition coefficient (Wildman–Crippen LogP) is 2.80. The van der Waals surface area contributed by atoms with Gasteiger partial charge in [0.05, 0.1) is 11.4 Å². The number of hydrogen-bond donors (Lipinski definition) is 1. The molecule has 24 heavy (non-hydrogen) atoms. The summed E-state index contributed by atoms with van der Waals surface area (Å²) in [5.41, 5.74) is 1.18. The third-order valence-electron chi connectivity index (χ3n) is 4.40. The third-order valence-corrected chi connectivity index (χ3v) is 4.40. The van der Waals surface area contributed by atoms with E-state index in [1.807, 2.05) is 6.92 Å². The summed E-state index contributed by atoms with van der Waals surface area (Å²) in [6.07, 6.45) is 3.50. The van der Waals surface area contributed by atoms with Gasteiger partial charge in [-0.05, 0) is 31.9 Å². The molecule has 1 aromatic carbocycles. The summed E-state index contributed by atoms with van der Waals surface area (Å²) >= 11 is 0. The lowest BCUT2D eigenvalue weighted by Gasteiger charge is -2.22. The Bertz CT molecular complexity index is 973. The minimum Gasteiger partial charge on any atom is -0.451 e. The van der Waals surface area contributed by atoms with Crippen molar-refractivity contribution in [3.8, 4) is 0 Å². The minimum atomic E-state index is -0.269. The van der Waals surface area contributed by atoms with E-state index in [-0.39, 0.29) is 23.1 Å². The number of carbonyl (C=O) groups excluding carboxylic acids is 1. The Labute approximate surface area is 138 Å². The zero-order chi connectivity index (χ0) is 16.7. The number of nitrogens with zero attached hydrogens (tertiary/aromatic N) is 2. The van der Waals surface area contributed by atoms with Gasteiger partial charge in [-0.25, -0.2) is 4.98 Å². The first kappa shape index (κ1) is 14.7. The molecule has 0 spiro atoms. The van der Waals surface area contributed by atoms with Crippen molar-refractivity contribution in [3.63, 3.8) is 0 Å². The van der Waals surface area contributed by atoms with Gasteiger partial charge >= 0.3 is 0 Å². The van der Waals surface area contributed by atoms with Crippen LogP contribution in [0.5, 0.6) is 0 Å². The average molecular weight is 323 g/mol. The molecule has 6 heteroatoms. The number of aryl methyl sites for hydroxylation is 1. The van der Waals surface area contributed by atoms with Crippen LogP contribution in [0.3, 0.4) is 0 Å². The van der Waals surface area contributed by atoms with Crippen LogP contribution in [0.4, 0.5) is 0 Å². The van der Waals surface area contributed by atoms with Gasteiger partial charge in [0.25, 0.3) is 5.91 Å². The van der Waals surface area contributed by atoms with Crippen LogP contribution >= 0.6 is 0 Å². The minimum absolute atomic E-state index is 0.0777. The van der Waals surface area contributed by atoms with Crippen molar-refractivity contribution in [1.29, 1.82) is 0 Å². The molecule has 4 rings (SSSR count). The molecule has 6 nitrogen and oxygen atoms in total. The maximum Gasteiger partial charge on any atom is 0.290 e. The van der Waals surface area contributed by atoms with E-state index in [4.69, 9.17) is 4.42 Å². The van der Waals surface area contributed by atoms with E-state index in [0.29, 0.717) is 17.5 Å². The standard InChI is InChI=1S/C18H17N3O3/c1-11-10-19-17(20-11)13-6-4-8-21(13)18(23)16-9-14(22)12-5-2-3-7-15(12)24-16/h2-3,5,7,9-10,13H,4,6,8H2,1H3,(H,19,20)/t13-/m1/s1. The van der Waals surface area contributed by atoms with E-state index in [9.17, 15) is 9.59 Å². The van der Waals surface area contributed by atoms with Gasteiger partial charge < -0.3 is 14.3 Å². The van der Waals surface area contributed by atoms with Crippen molar-refractivity contribution in [2.75, 3.05) is 6.54 Å². The lowest BCUT2D eigenvalue weighted by Crippen LogP contribution is -2.31. The number of fused-ring (bicyclic) bond motifs is 1. The summed E-state index contributed by atoms with van der Waals surface area (Å²) in [6, 6.07) is 8.13. The largest absolute Gasteiger partial charge is 0.451 e. The lowest BCUT2D eigenvalue weighted by molar-refractivity contribution is 0.0698. The van der Waals surface area contributed by atoms with Crippen LogP contribution < -0.4 is 5.43 Å². The SMILES string of the molecule is Cc1cnc([C@H]2CCCN2C(=O)c2cc(=O)c3ccccc3o2)[nH]1. The summed E-state index contributed by atoms with van der Waals surface area (Å²) in [5, 5.41) is 0.480. The Balaban J connectivity index is 1.71. The second kappa shape index (κ2) is 5.63. The molecule has 2 aromatic heterocycles. The molecular weight excluding hydrogens is 306 g/mol. The predicted molar refractivity (Wildman–Crippen MR) is 88.8 cm³/mol. The van der Waals surface area contributed by atoms with Crippen molar-refractivity contribution in [2.45, 2.75) is 25.8 Å². The fraction of sp³-hybridized carbons (Fsp3) is 0.278. The van der Waals surface area contributed by atoms with Crippen LogP contribution in [-0.2, 0) is 0 Å². The summed E-state index contributed by atoms with van der Waals surface area (Å²) in [4.78, 5) is 34.4. The van der Waals surface area contributed by atoms with Gasteiger partial charge in [-0.3, -0.25) is 9.59 Å². The van der Waals surface area contributed by atoms with E-state index >= 15 is 0 Å². The Kier molecular flexibility index (Phi) is 3.45. The molecule has 3 heterocycles.